The molecule has 3 rings (SSSR count). The second kappa shape index (κ2) is 8.57. The summed E-state index contributed by atoms with van der Waals surface area (Å²) in [4.78, 5) is 24.5. The summed E-state index contributed by atoms with van der Waals surface area (Å²) >= 11 is 0. The van der Waals surface area contributed by atoms with Crippen LogP contribution in [-0.2, 0) is 4.79 Å². The number of rotatable bonds is 7. The van der Waals surface area contributed by atoms with Crippen molar-refractivity contribution in [1.82, 2.24) is 14.9 Å². The van der Waals surface area contributed by atoms with Gasteiger partial charge in [0.2, 0.25) is 5.88 Å². The molecule has 2 heterocycles. The summed E-state index contributed by atoms with van der Waals surface area (Å²) in [7, 11) is 5.40. The van der Waals surface area contributed by atoms with E-state index in [4.69, 9.17) is 14.2 Å². The van der Waals surface area contributed by atoms with Gasteiger partial charge in [-0.25, -0.2) is 0 Å². The maximum atomic E-state index is 12.4. The molecule has 1 aromatic carbocycles. The molecule has 8 nitrogen and oxygen atoms in total. The van der Waals surface area contributed by atoms with Crippen LogP contribution in [0.15, 0.2) is 36.7 Å². The Kier molecular flexibility index (Phi) is 5.95. The highest BCUT2D eigenvalue weighted by Crippen LogP contribution is 2.19. The van der Waals surface area contributed by atoms with Gasteiger partial charge >= 0.3 is 0 Å². The maximum Gasteiger partial charge on any atom is 0.260 e. The first kappa shape index (κ1) is 18.8. The van der Waals surface area contributed by atoms with E-state index in [2.05, 4.69) is 9.97 Å². The second-order valence-electron chi connectivity index (χ2n) is 6.44. The van der Waals surface area contributed by atoms with Crippen LogP contribution in [0.2, 0.25) is 0 Å². The Balaban J connectivity index is 1.48. The molecular weight excluding hydrogens is 348 g/mol. The number of methoxy groups -OCH3 is 1. The summed E-state index contributed by atoms with van der Waals surface area (Å²) in [5.41, 5.74) is 0. The lowest BCUT2D eigenvalue weighted by Gasteiger charge is -2.18. The number of anilines is 1. The number of hydrogen-bond acceptors (Lipinski definition) is 7. The molecule has 1 saturated heterocycles. The quantitative estimate of drug-likeness (QED) is 0.731. The summed E-state index contributed by atoms with van der Waals surface area (Å²) in [6.07, 6.45) is 3.92. The summed E-state index contributed by atoms with van der Waals surface area (Å²) in [6, 6.07) is 7.14. The minimum atomic E-state index is -0.0957. The van der Waals surface area contributed by atoms with Crippen molar-refractivity contribution in [3.63, 3.8) is 0 Å². The molecule has 0 saturated carbocycles. The zero-order valence-electron chi connectivity index (χ0n) is 15.8. The predicted molar refractivity (Wildman–Crippen MR) is 100 cm³/mol. The van der Waals surface area contributed by atoms with E-state index in [9.17, 15) is 4.79 Å². The van der Waals surface area contributed by atoms with Gasteiger partial charge in [-0.2, -0.15) is 4.98 Å². The third-order valence-electron chi connectivity index (χ3n) is 4.26. The van der Waals surface area contributed by atoms with Crippen LogP contribution in [0.5, 0.6) is 17.4 Å². The highest BCUT2D eigenvalue weighted by Gasteiger charge is 2.28. The standard InChI is InChI=1S/C19H24N4O4/c1-22(2)17-10-20-11-18(21-17)27-16-8-9-23(12-16)19(24)13-26-15-6-4-14(25-3)5-7-15/h4-7,10-11,16H,8-9,12-13H2,1-3H3. The molecule has 1 aliphatic heterocycles. The fraction of sp³-hybridized carbons (Fsp3) is 0.421. The van der Waals surface area contributed by atoms with Crippen molar-refractivity contribution >= 4 is 11.7 Å². The van der Waals surface area contributed by atoms with Gasteiger partial charge in [0.1, 0.15) is 17.6 Å². The molecule has 1 atom stereocenters. The van der Waals surface area contributed by atoms with Crippen molar-refractivity contribution in [2.45, 2.75) is 12.5 Å². The number of hydrogen-bond donors (Lipinski definition) is 0. The molecule has 2 aromatic rings. The van der Waals surface area contributed by atoms with Crippen LogP contribution in [0.4, 0.5) is 5.82 Å². The summed E-state index contributed by atoms with van der Waals surface area (Å²) in [5.74, 6) is 2.51. The van der Waals surface area contributed by atoms with Crippen LogP contribution in [-0.4, -0.2) is 67.8 Å². The molecule has 0 radical (unpaired) electrons. The number of carbonyl (C=O) groups excluding carboxylic acids is 1. The average molecular weight is 372 g/mol. The maximum absolute atomic E-state index is 12.4. The fourth-order valence-corrected chi connectivity index (χ4v) is 2.74. The normalized spacial score (nSPS) is 16.1. The number of amides is 1. The van der Waals surface area contributed by atoms with E-state index in [1.54, 1.807) is 48.7 Å². The largest absolute Gasteiger partial charge is 0.497 e. The number of aromatic nitrogens is 2. The zero-order valence-corrected chi connectivity index (χ0v) is 15.8. The Hall–Kier alpha value is -3.03. The molecule has 1 aromatic heterocycles. The van der Waals surface area contributed by atoms with Crippen molar-refractivity contribution in [3.05, 3.63) is 36.7 Å². The highest BCUT2D eigenvalue weighted by molar-refractivity contribution is 5.78. The summed E-state index contributed by atoms with van der Waals surface area (Å²) in [5, 5.41) is 0. The molecule has 0 bridgehead atoms. The SMILES string of the molecule is COc1ccc(OCC(=O)N2CCC(Oc3cncc(N(C)C)n3)C2)cc1. The number of nitrogens with zero attached hydrogens (tertiary/aromatic N) is 4. The monoisotopic (exact) mass is 372 g/mol. The Bertz CT molecular complexity index is 767. The molecule has 144 valence electrons. The second-order valence-corrected chi connectivity index (χ2v) is 6.44. The molecule has 0 spiro atoms. The van der Waals surface area contributed by atoms with Crippen molar-refractivity contribution in [3.8, 4) is 17.4 Å². The lowest BCUT2D eigenvalue weighted by Crippen LogP contribution is -2.34. The number of benzene rings is 1. The lowest BCUT2D eigenvalue weighted by atomic mass is 10.3. The fourth-order valence-electron chi connectivity index (χ4n) is 2.74. The topological polar surface area (TPSA) is 77.0 Å². The van der Waals surface area contributed by atoms with E-state index >= 15 is 0 Å². The minimum Gasteiger partial charge on any atom is -0.497 e. The van der Waals surface area contributed by atoms with Gasteiger partial charge in [0.05, 0.1) is 26.0 Å². The Morgan fingerprint density at radius 3 is 2.67 bits per heavy atom. The Labute approximate surface area is 158 Å². The van der Waals surface area contributed by atoms with Gasteiger partial charge in [-0.15, -0.1) is 0 Å². The first-order valence-corrected chi connectivity index (χ1v) is 8.76. The molecule has 0 aliphatic carbocycles. The van der Waals surface area contributed by atoms with Gasteiger partial charge in [0, 0.05) is 27.1 Å². The number of carbonyl (C=O) groups is 1. The van der Waals surface area contributed by atoms with Crippen molar-refractivity contribution in [2.75, 3.05) is 45.8 Å². The van der Waals surface area contributed by atoms with Crippen LogP contribution >= 0.6 is 0 Å². The van der Waals surface area contributed by atoms with E-state index in [-0.39, 0.29) is 18.6 Å². The first-order valence-electron chi connectivity index (χ1n) is 8.76. The van der Waals surface area contributed by atoms with E-state index in [1.807, 2.05) is 19.0 Å². The van der Waals surface area contributed by atoms with Crippen LogP contribution in [0.1, 0.15) is 6.42 Å². The van der Waals surface area contributed by atoms with Crippen molar-refractivity contribution in [1.29, 1.82) is 0 Å². The molecular formula is C19H24N4O4. The van der Waals surface area contributed by atoms with Crippen LogP contribution in [0.25, 0.3) is 0 Å². The predicted octanol–water partition coefficient (Wildman–Crippen LogP) is 1.61. The number of ether oxygens (including phenoxy) is 3. The van der Waals surface area contributed by atoms with Crippen molar-refractivity contribution < 1.29 is 19.0 Å². The minimum absolute atomic E-state index is 0.00499. The van der Waals surface area contributed by atoms with Crippen LogP contribution < -0.4 is 19.1 Å². The molecule has 1 amide bonds. The van der Waals surface area contributed by atoms with Crippen LogP contribution in [0, 0.1) is 0 Å². The zero-order chi connectivity index (χ0) is 19.2. The molecule has 0 N–H and O–H groups in total. The van der Waals surface area contributed by atoms with Gasteiger partial charge < -0.3 is 24.0 Å². The van der Waals surface area contributed by atoms with E-state index in [0.717, 1.165) is 18.0 Å². The molecule has 1 fully saturated rings. The van der Waals surface area contributed by atoms with Gasteiger partial charge in [0.25, 0.3) is 5.91 Å². The van der Waals surface area contributed by atoms with Gasteiger partial charge in [0.15, 0.2) is 12.4 Å². The number of likely N-dealkylation sites (tertiary alicyclic amines) is 1. The van der Waals surface area contributed by atoms with E-state index < -0.39 is 0 Å². The van der Waals surface area contributed by atoms with Gasteiger partial charge in [-0.1, -0.05) is 0 Å². The van der Waals surface area contributed by atoms with Crippen molar-refractivity contribution in [2.24, 2.45) is 0 Å². The third kappa shape index (κ3) is 4.99. The third-order valence-corrected chi connectivity index (χ3v) is 4.26. The van der Waals surface area contributed by atoms with Crippen LogP contribution in [0.3, 0.4) is 0 Å². The van der Waals surface area contributed by atoms with E-state index in [1.165, 1.54) is 0 Å². The summed E-state index contributed by atoms with van der Waals surface area (Å²) < 4.78 is 16.5. The molecule has 1 aliphatic rings. The smallest absolute Gasteiger partial charge is 0.260 e. The first-order chi connectivity index (χ1) is 13.0. The Morgan fingerprint density at radius 2 is 1.96 bits per heavy atom. The van der Waals surface area contributed by atoms with Gasteiger partial charge in [-0.3, -0.25) is 9.78 Å². The van der Waals surface area contributed by atoms with Gasteiger partial charge in [-0.05, 0) is 24.3 Å². The highest BCUT2D eigenvalue weighted by atomic mass is 16.5. The Morgan fingerprint density at radius 1 is 1.22 bits per heavy atom. The molecule has 1 unspecified atom stereocenters. The molecule has 27 heavy (non-hydrogen) atoms. The lowest BCUT2D eigenvalue weighted by molar-refractivity contribution is -0.132. The molecule has 8 heteroatoms. The summed E-state index contributed by atoms with van der Waals surface area (Å²) in [6.45, 7) is 1.14. The average Bonchev–Trinajstić information content (AvgIpc) is 3.15. The van der Waals surface area contributed by atoms with E-state index in [0.29, 0.717) is 24.7 Å².